The van der Waals surface area contributed by atoms with Crippen LogP contribution in [0.15, 0.2) is 52.3 Å². The predicted octanol–water partition coefficient (Wildman–Crippen LogP) is 4.76. The summed E-state index contributed by atoms with van der Waals surface area (Å²) in [5, 5.41) is 0.601. The zero-order valence-electron chi connectivity index (χ0n) is 19.3. The highest BCUT2D eigenvalue weighted by molar-refractivity contribution is 7.98. The van der Waals surface area contributed by atoms with E-state index in [2.05, 4.69) is 23.7 Å². The van der Waals surface area contributed by atoms with Crippen molar-refractivity contribution >= 4 is 66.6 Å². The van der Waals surface area contributed by atoms with Gasteiger partial charge in [0.15, 0.2) is 15.0 Å². The molecule has 1 heterocycles. The molecule has 0 aliphatic heterocycles. The second kappa shape index (κ2) is 12.2. The van der Waals surface area contributed by atoms with Crippen molar-refractivity contribution in [3.05, 3.63) is 48.0 Å². The first-order chi connectivity index (χ1) is 15.2. The summed E-state index contributed by atoms with van der Waals surface area (Å²) in [5.74, 6) is -0.0172. The molecule has 2 aromatic carbocycles. The van der Waals surface area contributed by atoms with Gasteiger partial charge in [-0.2, -0.15) is 0 Å². The van der Waals surface area contributed by atoms with Crippen molar-refractivity contribution in [3.63, 3.8) is 0 Å². The Kier molecular flexibility index (Phi) is 10.2. The number of rotatable bonds is 10. The molecule has 10 heteroatoms. The van der Waals surface area contributed by atoms with Crippen molar-refractivity contribution in [2.24, 2.45) is 0 Å². The minimum absolute atomic E-state index is 0. The zero-order chi connectivity index (χ0) is 23.3. The Hall–Kier alpha value is -1.65. The molecule has 33 heavy (non-hydrogen) atoms. The molecule has 3 rings (SSSR count). The third kappa shape index (κ3) is 7.16. The number of aromatic nitrogens is 1. The number of nitrogens with zero attached hydrogens (tertiary/aromatic N) is 3. The molecule has 0 atom stereocenters. The molecule has 0 spiro atoms. The number of anilines is 1. The molecule has 0 saturated carbocycles. The number of halogens is 1. The summed E-state index contributed by atoms with van der Waals surface area (Å²) in [6.45, 7) is 7.30. The number of amides is 1. The van der Waals surface area contributed by atoms with Crippen LogP contribution in [0.4, 0.5) is 5.13 Å². The highest BCUT2D eigenvalue weighted by Crippen LogP contribution is 2.31. The Morgan fingerprint density at radius 1 is 1.06 bits per heavy atom. The summed E-state index contributed by atoms with van der Waals surface area (Å²) < 4.78 is 24.6. The maximum absolute atomic E-state index is 13.3. The Labute approximate surface area is 210 Å². The second-order valence-corrected chi connectivity index (χ2v) is 11.4. The number of thiazole rings is 1. The van der Waals surface area contributed by atoms with Crippen molar-refractivity contribution in [2.45, 2.75) is 30.1 Å². The lowest BCUT2D eigenvalue weighted by atomic mass is 10.1. The molecule has 0 unspecified atom stereocenters. The largest absolute Gasteiger partial charge is 0.302 e. The standard InChI is InChI=1S/C23H29N3O3S3.ClH/c1-5-25(6-2)13-14-26(22(27)15-17-7-9-18(30-3)10-8-17)23-24-20-12-11-19(32(4,28)29)16-21(20)31-23;/h7-12,16H,5-6,13-15H2,1-4H3;1H. The number of hydrogen-bond acceptors (Lipinski definition) is 7. The van der Waals surface area contributed by atoms with Gasteiger partial charge in [0.2, 0.25) is 5.91 Å². The summed E-state index contributed by atoms with van der Waals surface area (Å²) in [6, 6.07) is 12.9. The Morgan fingerprint density at radius 2 is 1.73 bits per heavy atom. The highest BCUT2D eigenvalue weighted by Gasteiger charge is 2.21. The van der Waals surface area contributed by atoms with E-state index >= 15 is 0 Å². The van der Waals surface area contributed by atoms with Gasteiger partial charge < -0.3 is 4.90 Å². The molecule has 1 aromatic heterocycles. The maximum atomic E-state index is 13.3. The number of thioether (sulfide) groups is 1. The molecule has 0 aliphatic carbocycles. The molecule has 0 radical (unpaired) electrons. The van der Waals surface area contributed by atoms with Gasteiger partial charge in [-0.05, 0) is 55.2 Å². The van der Waals surface area contributed by atoms with Crippen LogP contribution in [0.5, 0.6) is 0 Å². The lowest BCUT2D eigenvalue weighted by molar-refractivity contribution is -0.118. The number of hydrogen-bond donors (Lipinski definition) is 0. The van der Waals surface area contributed by atoms with Crippen LogP contribution in [0, 0.1) is 0 Å². The van der Waals surface area contributed by atoms with Crippen molar-refractivity contribution in [1.82, 2.24) is 9.88 Å². The van der Waals surface area contributed by atoms with E-state index in [1.165, 1.54) is 17.6 Å². The molecule has 0 saturated heterocycles. The van der Waals surface area contributed by atoms with Crippen LogP contribution in [0.2, 0.25) is 0 Å². The fraction of sp³-hybridized carbons (Fsp3) is 0.391. The van der Waals surface area contributed by atoms with Crippen LogP contribution >= 0.6 is 35.5 Å². The summed E-state index contributed by atoms with van der Waals surface area (Å²) in [7, 11) is -3.31. The number of carbonyl (C=O) groups excluding carboxylic acids is 1. The molecule has 0 bridgehead atoms. The van der Waals surface area contributed by atoms with Crippen LogP contribution in [-0.4, -0.2) is 62.9 Å². The van der Waals surface area contributed by atoms with Crippen LogP contribution in [0.1, 0.15) is 19.4 Å². The molecular weight excluding hydrogens is 498 g/mol. The van der Waals surface area contributed by atoms with Gasteiger partial charge in [-0.25, -0.2) is 13.4 Å². The SMILES string of the molecule is CCN(CC)CCN(C(=O)Cc1ccc(SC)cc1)c1nc2ccc(S(C)(=O)=O)cc2s1.Cl. The molecule has 3 aromatic rings. The molecule has 1 amide bonds. The van der Waals surface area contributed by atoms with E-state index in [1.54, 1.807) is 34.9 Å². The van der Waals surface area contributed by atoms with E-state index in [4.69, 9.17) is 0 Å². The first-order valence-electron chi connectivity index (χ1n) is 10.5. The zero-order valence-corrected chi connectivity index (χ0v) is 22.5. The van der Waals surface area contributed by atoms with Gasteiger partial charge in [0.05, 0.1) is 21.5 Å². The number of likely N-dealkylation sites (N-methyl/N-ethyl adjacent to an activating group) is 1. The summed E-state index contributed by atoms with van der Waals surface area (Å²) >= 11 is 3.02. The number of benzene rings is 2. The van der Waals surface area contributed by atoms with Crippen molar-refractivity contribution in [1.29, 1.82) is 0 Å². The first-order valence-corrected chi connectivity index (χ1v) is 14.4. The average Bonchev–Trinajstić information content (AvgIpc) is 3.19. The number of fused-ring (bicyclic) bond motifs is 1. The van der Waals surface area contributed by atoms with Gasteiger partial charge in [0, 0.05) is 24.2 Å². The van der Waals surface area contributed by atoms with E-state index < -0.39 is 9.84 Å². The Morgan fingerprint density at radius 3 is 2.30 bits per heavy atom. The van der Waals surface area contributed by atoms with Crippen LogP contribution in [-0.2, 0) is 21.1 Å². The quantitative estimate of drug-likeness (QED) is 0.354. The third-order valence-corrected chi connectivity index (χ3v) is 8.25. The minimum Gasteiger partial charge on any atom is -0.302 e. The Balaban J connectivity index is 0.00000385. The van der Waals surface area contributed by atoms with Crippen molar-refractivity contribution in [3.8, 4) is 0 Å². The van der Waals surface area contributed by atoms with Crippen molar-refractivity contribution < 1.29 is 13.2 Å². The fourth-order valence-electron chi connectivity index (χ4n) is 3.36. The summed E-state index contributed by atoms with van der Waals surface area (Å²) in [6.07, 6.45) is 3.51. The summed E-state index contributed by atoms with van der Waals surface area (Å²) in [5.41, 5.74) is 1.66. The van der Waals surface area contributed by atoms with Gasteiger partial charge in [-0.3, -0.25) is 9.69 Å². The third-order valence-electron chi connectivity index (χ3n) is 5.36. The monoisotopic (exact) mass is 527 g/mol. The first kappa shape index (κ1) is 27.6. The molecule has 0 aliphatic rings. The van der Waals surface area contributed by atoms with Crippen LogP contribution < -0.4 is 4.90 Å². The molecule has 0 N–H and O–H groups in total. The molecular formula is C23H30ClN3O3S3. The average molecular weight is 528 g/mol. The highest BCUT2D eigenvalue weighted by atomic mass is 35.5. The van der Waals surface area contributed by atoms with Gasteiger partial charge in [-0.1, -0.05) is 37.3 Å². The lowest BCUT2D eigenvalue weighted by Gasteiger charge is -2.24. The van der Waals surface area contributed by atoms with Crippen molar-refractivity contribution in [2.75, 3.05) is 43.6 Å². The fourth-order valence-corrected chi connectivity index (χ4v) is 5.54. The van der Waals surface area contributed by atoms with E-state index in [9.17, 15) is 13.2 Å². The maximum Gasteiger partial charge on any atom is 0.233 e. The van der Waals surface area contributed by atoms with E-state index in [-0.39, 0.29) is 29.6 Å². The van der Waals surface area contributed by atoms with E-state index in [0.717, 1.165) is 34.8 Å². The normalized spacial score (nSPS) is 11.5. The summed E-state index contributed by atoms with van der Waals surface area (Å²) in [4.78, 5) is 23.4. The molecule has 0 fully saturated rings. The number of sulfone groups is 1. The van der Waals surface area contributed by atoms with Gasteiger partial charge in [-0.15, -0.1) is 24.2 Å². The van der Waals surface area contributed by atoms with E-state index in [1.807, 2.05) is 30.5 Å². The van der Waals surface area contributed by atoms with Gasteiger partial charge >= 0.3 is 0 Å². The Bertz CT molecular complexity index is 1180. The van der Waals surface area contributed by atoms with E-state index in [0.29, 0.717) is 17.2 Å². The molecule has 180 valence electrons. The minimum atomic E-state index is -3.31. The van der Waals surface area contributed by atoms with Crippen LogP contribution in [0.25, 0.3) is 10.2 Å². The topological polar surface area (TPSA) is 70.6 Å². The smallest absolute Gasteiger partial charge is 0.233 e. The van der Waals surface area contributed by atoms with Crippen LogP contribution in [0.3, 0.4) is 0 Å². The second-order valence-electron chi connectivity index (χ2n) is 7.50. The lowest BCUT2D eigenvalue weighted by Crippen LogP contribution is -2.39. The predicted molar refractivity (Wildman–Crippen MR) is 142 cm³/mol. The van der Waals surface area contributed by atoms with Gasteiger partial charge in [0.1, 0.15) is 0 Å². The molecule has 6 nitrogen and oxygen atoms in total. The number of carbonyl (C=O) groups is 1. The van der Waals surface area contributed by atoms with Gasteiger partial charge in [0.25, 0.3) is 0 Å².